The molecule has 0 amide bonds. The van der Waals surface area contributed by atoms with Crippen LogP contribution in [0.3, 0.4) is 0 Å². The van der Waals surface area contributed by atoms with Crippen molar-refractivity contribution in [3.63, 3.8) is 0 Å². The molecule has 0 unspecified atom stereocenters. The van der Waals surface area contributed by atoms with Gasteiger partial charge >= 0.3 is 5.69 Å². The molecule has 0 saturated heterocycles. The molecule has 4 aromatic rings. The lowest BCUT2D eigenvalue weighted by molar-refractivity contribution is 0.331. The van der Waals surface area contributed by atoms with E-state index in [1.807, 2.05) is 6.92 Å². The van der Waals surface area contributed by atoms with Gasteiger partial charge in [0.1, 0.15) is 17.6 Å². The van der Waals surface area contributed by atoms with Crippen molar-refractivity contribution in [2.45, 2.75) is 13.0 Å². The van der Waals surface area contributed by atoms with E-state index < -0.39 is 17.5 Å². The van der Waals surface area contributed by atoms with Gasteiger partial charge in [0.25, 0.3) is 0 Å². The summed E-state index contributed by atoms with van der Waals surface area (Å²) in [5.41, 5.74) is 6.18. The van der Waals surface area contributed by atoms with Crippen LogP contribution in [-0.2, 0) is 0 Å². The summed E-state index contributed by atoms with van der Waals surface area (Å²) in [4.78, 5) is 15.4. The lowest BCUT2D eigenvalue weighted by atomic mass is 10.0. The summed E-state index contributed by atoms with van der Waals surface area (Å²) >= 11 is 0. The van der Waals surface area contributed by atoms with Gasteiger partial charge in [0.15, 0.2) is 23.2 Å². The monoisotopic (exact) mass is 478 g/mol. The molecule has 0 aliphatic heterocycles. The molecule has 180 valence electrons. The molecule has 12 heteroatoms. The maximum absolute atomic E-state index is 15.5. The fourth-order valence-electron chi connectivity index (χ4n) is 3.44. The van der Waals surface area contributed by atoms with Crippen molar-refractivity contribution >= 4 is 11.5 Å². The highest BCUT2D eigenvalue weighted by atomic mass is 19.1. The lowest BCUT2D eigenvalue weighted by Crippen LogP contribution is -2.18. The molecule has 0 bridgehead atoms. The number of nitrogens with two attached hydrogens (primary N) is 1. The number of nitrogens with zero attached hydrogens (tertiary/aromatic N) is 4. The zero-order valence-electron chi connectivity index (χ0n) is 18.9. The minimum atomic E-state index is -0.960. The van der Waals surface area contributed by atoms with Crippen molar-refractivity contribution in [1.82, 2.24) is 25.0 Å². The second-order valence-electron chi connectivity index (χ2n) is 7.34. The average molecular weight is 478 g/mol. The summed E-state index contributed by atoms with van der Waals surface area (Å²) in [6.07, 6.45) is 1.47. The minimum Gasteiger partial charge on any atom is -0.494 e. The number of aromatic amines is 1. The predicted molar refractivity (Wildman–Crippen MR) is 127 cm³/mol. The normalized spacial score (nSPS) is 11.6. The van der Waals surface area contributed by atoms with E-state index in [0.29, 0.717) is 23.6 Å². The van der Waals surface area contributed by atoms with Crippen molar-refractivity contribution in [2.24, 2.45) is 5.73 Å². The smallest absolute Gasteiger partial charge is 0.349 e. The molecule has 11 nitrogen and oxygen atoms in total. The summed E-state index contributed by atoms with van der Waals surface area (Å²) in [7, 11) is 1.35. The first kappa shape index (κ1) is 23.4. The molecule has 2 aromatic heterocycles. The van der Waals surface area contributed by atoms with E-state index in [2.05, 4.69) is 25.6 Å². The Kier molecular flexibility index (Phi) is 6.71. The molecule has 0 aliphatic carbocycles. The van der Waals surface area contributed by atoms with E-state index in [4.69, 9.17) is 20.6 Å². The Morgan fingerprint density at radius 1 is 1.29 bits per heavy atom. The van der Waals surface area contributed by atoms with Crippen LogP contribution in [0.25, 0.3) is 5.82 Å². The van der Waals surface area contributed by atoms with Crippen molar-refractivity contribution in [3.8, 4) is 17.3 Å². The Morgan fingerprint density at radius 2 is 2.06 bits per heavy atom. The highest BCUT2D eigenvalue weighted by Crippen LogP contribution is 2.34. The van der Waals surface area contributed by atoms with E-state index in [1.165, 1.54) is 25.4 Å². The fraction of sp³-hybridized carbons (Fsp3) is 0.174. The number of nitrogen functional groups attached to an aromatic ring is 1. The second-order valence-corrected chi connectivity index (χ2v) is 7.34. The molecule has 0 radical (unpaired) electrons. The average Bonchev–Trinajstić information content (AvgIpc) is 3.26. The molecule has 2 aromatic carbocycles. The van der Waals surface area contributed by atoms with E-state index >= 15 is 4.39 Å². The Bertz CT molecular complexity index is 1390. The lowest BCUT2D eigenvalue weighted by Gasteiger charge is -2.21. The summed E-state index contributed by atoms with van der Waals surface area (Å²) in [6, 6.07) is 11.9. The van der Waals surface area contributed by atoms with Crippen molar-refractivity contribution in [3.05, 3.63) is 88.0 Å². The molecule has 1 atom stereocenters. The summed E-state index contributed by atoms with van der Waals surface area (Å²) in [5.74, 6) is -0.0591. The maximum Gasteiger partial charge on any atom is 0.349 e. The maximum atomic E-state index is 15.5. The fourth-order valence-corrected chi connectivity index (χ4v) is 3.44. The van der Waals surface area contributed by atoms with Gasteiger partial charge in [-0.15, -0.1) is 10.2 Å². The number of nitrogens with one attached hydrogen (secondary N) is 3. The number of ether oxygens (including phenoxy) is 2. The van der Waals surface area contributed by atoms with Crippen LogP contribution in [0.2, 0.25) is 0 Å². The van der Waals surface area contributed by atoms with Crippen LogP contribution in [-0.4, -0.2) is 44.5 Å². The number of rotatable bonds is 9. The zero-order valence-corrected chi connectivity index (χ0v) is 18.9. The Hall–Kier alpha value is -4.74. The Balaban J connectivity index is 1.84. The second kappa shape index (κ2) is 10.0. The van der Waals surface area contributed by atoms with Crippen LogP contribution in [0.1, 0.15) is 29.9 Å². The number of amidine groups is 1. The molecular weight excluding hydrogens is 455 g/mol. The van der Waals surface area contributed by atoms with Crippen LogP contribution < -0.4 is 26.2 Å². The summed E-state index contributed by atoms with van der Waals surface area (Å²) < 4.78 is 27.4. The van der Waals surface area contributed by atoms with Crippen LogP contribution in [0.4, 0.5) is 10.1 Å². The molecule has 5 N–H and O–H groups in total. The van der Waals surface area contributed by atoms with Gasteiger partial charge in [-0.2, -0.15) is 9.78 Å². The summed E-state index contributed by atoms with van der Waals surface area (Å²) in [5, 5.41) is 22.8. The molecule has 4 rings (SSSR count). The number of H-pyrrole nitrogens is 1. The van der Waals surface area contributed by atoms with Gasteiger partial charge in [0.2, 0.25) is 0 Å². The number of aromatic nitrogens is 5. The molecular formula is C23H23FN8O3. The Morgan fingerprint density at radius 3 is 2.69 bits per heavy atom. The molecule has 35 heavy (non-hydrogen) atoms. The number of halogens is 1. The first-order chi connectivity index (χ1) is 16.9. The van der Waals surface area contributed by atoms with E-state index in [1.54, 1.807) is 36.4 Å². The molecule has 2 heterocycles. The summed E-state index contributed by atoms with van der Waals surface area (Å²) in [6.45, 7) is 2.17. The van der Waals surface area contributed by atoms with Gasteiger partial charge in [-0.1, -0.05) is 0 Å². The minimum absolute atomic E-state index is 0.0274. The third-order valence-corrected chi connectivity index (χ3v) is 5.07. The topological polar surface area (TPSA) is 157 Å². The molecule has 0 fully saturated rings. The third-order valence-electron chi connectivity index (χ3n) is 5.07. The zero-order chi connectivity index (χ0) is 24.9. The highest BCUT2D eigenvalue weighted by molar-refractivity contribution is 5.95. The highest BCUT2D eigenvalue weighted by Gasteiger charge is 2.26. The largest absolute Gasteiger partial charge is 0.494 e. The van der Waals surface area contributed by atoms with Crippen LogP contribution >= 0.6 is 0 Å². The SMILES string of the molecule is CCOc1cc(OC)c(F)c([C@H](Nc2ccc(C(=N)N)cc2)c2nn(-c3cccnn3)c(=O)[nH]2)c1. The van der Waals surface area contributed by atoms with Gasteiger partial charge < -0.3 is 20.5 Å². The third kappa shape index (κ3) is 4.95. The van der Waals surface area contributed by atoms with Gasteiger partial charge in [-0.25, -0.2) is 9.18 Å². The standard InChI is InChI=1S/C23H23FN8O3/c1-3-35-15-11-16(19(24)17(12-15)34-2)20(28-14-8-6-13(7-9-14)21(25)26)22-29-23(33)32(31-22)18-5-4-10-27-30-18/h4-12,20,28H,3H2,1-2H3,(H3,25,26)(H,29,31,33)/t20-/m0/s1. The van der Waals surface area contributed by atoms with Gasteiger partial charge in [0.05, 0.1) is 13.7 Å². The van der Waals surface area contributed by atoms with Crippen molar-refractivity contribution in [2.75, 3.05) is 19.0 Å². The number of benzene rings is 2. The Labute approximate surface area is 199 Å². The number of hydrogen-bond donors (Lipinski definition) is 4. The molecule has 0 saturated carbocycles. The quantitative estimate of drug-likeness (QED) is 0.211. The number of anilines is 1. The van der Waals surface area contributed by atoms with Crippen molar-refractivity contribution < 1.29 is 13.9 Å². The number of hydrogen-bond acceptors (Lipinski definition) is 8. The van der Waals surface area contributed by atoms with Gasteiger partial charge in [0, 0.05) is 29.1 Å². The van der Waals surface area contributed by atoms with Crippen molar-refractivity contribution in [1.29, 1.82) is 5.41 Å². The van der Waals surface area contributed by atoms with Gasteiger partial charge in [-0.05, 0) is 49.4 Å². The van der Waals surface area contributed by atoms with Crippen LogP contribution in [0.15, 0.2) is 59.5 Å². The van der Waals surface area contributed by atoms with E-state index in [-0.39, 0.29) is 28.8 Å². The first-order valence-corrected chi connectivity index (χ1v) is 10.6. The van der Waals surface area contributed by atoms with E-state index in [9.17, 15) is 4.79 Å². The number of methoxy groups -OCH3 is 1. The van der Waals surface area contributed by atoms with Crippen LogP contribution in [0.5, 0.6) is 11.5 Å². The predicted octanol–water partition coefficient (Wildman–Crippen LogP) is 2.38. The van der Waals surface area contributed by atoms with Crippen LogP contribution in [0, 0.1) is 11.2 Å². The van der Waals surface area contributed by atoms with Gasteiger partial charge in [-0.3, -0.25) is 10.4 Å². The first-order valence-electron chi connectivity index (χ1n) is 10.6. The molecule has 0 aliphatic rings. The van der Waals surface area contributed by atoms with E-state index in [0.717, 1.165) is 4.68 Å². The molecule has 0 spiro atoms.